The van der Waals surface area contributed by atoms with Gasteiger partial charge in [-0.05, 0) is 50.4 Å². The van der Waals surface area contributed by atoms with Gasteiger partial charge in [-0.3, -0.25) is 0 Å². The molecule has 0 radical (unpaired) electrons. The van der Waals surface area contributed by atoms with E-state index in [4.69, 9.17) is 9.47 Å². The van der Waals surface area contributed by atoms with Crippen LogP contribution in [-0.4, -0.2) is 41.9 Å². The Morgan fingerprint density at radius 3 is 2.79 bits per heavy atom. The van der Waals surface area contributed by atoms with Crippen LogP contribution in [0.25, 0.3) is 0 Å². The van der Waals surface area contributed by atoms with Crippen LogP contribution in [0.5, 0.6) is 0 Å². The Balaban J connectivity index is 1.72. The van der Waals surface area contributed by atoms with Crippen LogP contribution in [0.4, 0.5) is 0 Å². The Morgan fingerprint density at radius 2 is 2.08 bits per heavy atom. The smallest absolute Gasteiger partial charge is 0.160 e. The van der Waals surface area contributed by atoms with E-state index in [9.17, 15) is 10.2 Å². The van der Waals surface area contributed by atoms with E-state index >= 15 is 0 Å². The van der Waals surface area contributed by atoms with Gasteiger partial charge in [0.2, 0.25) is 0 Å². The summed E-state index contributed by atoms with van der Waals surface area (Å²) in [5, 5.41) is 21.3. The highest BCUT2D eigenvalue weighted by molar-refractivity contribution is 5.24. The van der Waals surface area contributed by atoms with Crippen molar-refractivity contribution in [1.29, 1.82) is 0 Å². The predicted molar refractivity (Wildman–Crippen MR) is 91.2 cm³/mol. The third-order valence-electron chi connectivity index (χ3n) is 8.16. The number of aliphatic hydroxyl groups excluding tert-OH is 2. The van der Waals surface area contributed by atoms with Gasteiger partial charge in [-0.1, -0.05) is 26.0 Å². The van der Waals surface area contributed by atoms with Crippen molar-refractivity contribution in [3.8, 4) is 0 Å². The fourth-order valence-corrected chi connectivity index (χ4v) is 6.48. The van der Waals surface area contributed by atoms with Gasteiger partial charge in [0.1, 0.15) is 0 Å². The van der Waals surface area contributed by atoms with Crippen molar-refractivity contribution >= 4 is 0 Å². The molecule has 0 spiro atoms. The largest absolute Gasteiger partial charge is 0.395 e. The third kappa shape index (κ3) is 2.06. The molecule has 8 atom stereocenters. The lowest BCUT2D eigenvalue weighted by Crippen LogP contribution is -2.63. The predicted octanol–water partition coefficient (Wildman–Crippen LogP) is 2.88. The van der Waals surface area contributed by atoms with Crippen molar-refractivity contribution in [2.24, 2.45) is 28.6 Å². The van der Waals surface area contributed by atoms with E-state index in [1.165, 1.54) is 0 Å². The number of hydrogen-bond acceptors (Lipinski definition) is 4. The molecule has 2 aliphatic carbocycles. The Hall–Kier alpha value is -0.420. The first kappa shape index (κ1) is 17.0. The van der Waals surface area contributed by atoms with Gasteiger partial charge in [0.25, 0.3) is 0 Å². The first-order valence-electron chi connectivity index (χ1n) is 9.68. The summed E-state index contributed by atoms with van der Waals surface area (Å²) in [6.45, 7) is 9.68. The quantitative estimate of drug-likeness (QED) is 0.761. The lowest BCUT2D eigenvalue weighted by molar-refractivity contribution is -0.216. The minimum Gasteiger partial charge on any atom is -0.395 e. The number of rotatable bonds is 2. The monoisotopic (exact) mass is 336 g/mol. The first-order valence-corrected chi connectivity index (χ1v) is 9.68. The molecule has 4 fully saturated rings. The van der Waals surface area contributed by atoms with Gasteiger partial charge >= 0.3 is 0 Å². The van der Waals surface area contributed by atoms with Crippen molar-refractivity contribution in [2.45, 2.75) is 70.9 Å². The Labute approximate surface area is 145 Å². The molecule has 0 amide bonds. The number of fused-ring (bicyclic) bond motifs is 2. The molecule has 2 aliphatic heterocycles. The van der Waals surface area contributed by atoms with Crippen LogP contribution in [-0.2, 0) is 9.47 Å². The molecule has 24 heavy (non-hydrogen) atoms. The number of aliphatic hydroxyl groups is 2. The zero-order valence-electron chi connectivity index (χ0n) is 15.0. The molecule has 2 saturated heterocycles. The molecule has 4 heteroatoms. The van der Waals surface area contributed by atoms with Crippen LogP contribution in [0.15, 0.2) is 12.2 Å². The summed E-state index contributed by atoms with van der Waals surface area (Å²) in [6, 6.07) is 0. The first-order chi connectivity index (χ1) is 11.4. The molecule has 4 rings (SSSR count). The zero-order chi connectivity index (χ0) is 17.1. The Bertz CT molecular complexity index is 508. The summed E-state index contributed by atoms with van der Waals surface area (Å²) < 4.78 is 12.2. The van der Waals surface area contributed by atoms with Crippen molar-refractivity contribution < 1.29 is 19.7 Å². The molecule has 0 bridgehead atoms. The minimum atomic E-state index is -0.554. The van der Waals surface area contributed by atoms with E-state index in [1.54, 1.807) is 0 Å². The molecular weight excluding hydrogens is 304 g/mol. The SMILES string of the molecule is C=C1CCC[C@H]2[C@@]1(CO)[C@@H](O)C[C@@H](C)[C@]2(C)[C@@H]1C[C@@H]2CCO[C@H]2O1. The molecule has 0 aromatic rings. The average molecular weight is 336 g/mol. The van der Waals surface area contributed by atoms with E-state index in [0.717, 1.165) is 44.3 Å². The van der Waals surface area contributed by atoms with Gasteiger partial charge in [0, 0.05) is 16.7 Å². The minimum absolute atomic E-state index is 0.00391. The average Bonchev–Trinajstić information content (AvgIpc) is 3.14. The van der Waals surface area contributed by atoms with Crippen molar-refractivity contribution in [3.05, 3.63) is 12.2 Å². The standard InChI is InChI=1S/C20H32O4/c1-12-5-4-6-15-19(3,13(2)9-16(22)20(12,15)11-21)17-10-14-7-8-23-18(14)24-17/h13-18,21-22H,1,4-11H2,2-3H3/t13-,14+,15-,16+,17+,18+,19+,20+/m1/s1. The molecule has 4 aliphatic rings. The van der Waals surface area contributed by atoms with Crippen molar-refractivity contribution in [3.63, 3.8) is 0 Å². The lowest BCUT2D eigenvalue weighted by Gasteiger charge is -2.62. The second kappa shape index (κ2) is 5.80. The highest BCUT2D eigenvalue weighted by Gasteiger charge is 2.64. The van der Waals surface area contributed by atoms with Gasteiger partial charge < -0.3 is 19.7 Å². The summed E-state index contributed by atoms with van der Waals surface area (Å²) in [4.78, 5) is 0. The van der Waals surface area contributed by atoms with E-state index in [0.29, 0.717) is 18.3 Å². The van der Waals surface area contributed by atoms with E-state index in [2.05, 4.69) is 20.4 Å². The molecule has 2 heterocycles. The Kier molecular flexibility index (Phi) is 4.11. The van der Waals surface area contributed by atoms with E-state index in [1.807, 2.05) is 0 Å². The van der Waals surface area contributed by atoms with Gasteiger partial charge in [0.05, 0.1) is 25.4 Å². The highest BCUT2D eigenvalue weighted by atomic mass is 16.7. The molecule has 4 nitrogen and oxygen atoms in total. The van der Waals surface area contributed by atoms with Crippen molar-refractivity contribution in [2.75, 3.05) is 13.2 Å². The van der Waals surface area contributed by atoms with Crippen LogP contribution < -0.4 is 0 Å². The van der Waals surface area contributed by atoms with Crippen LogP contribution >= 0.6 is 0 Å². The summed E-state index contributed by atoms with van der Waals surface area (Å²) in [7, 11) is 0. The molecule has 2 saturated carbocycles. The van der Waals surface area contributed by atoms with E-state index < -0.39 is 11.5 Å². The summed E-state index contributed by atoms with van der Waals surface area (Å²) >= 11 is 0. The maximum Gasteiger partial charge on any atom is 0.160 e. The van der Waals surface area contributed by atoms with Gasteiger partial charge in [0.15, 0.2) is 6.29 Å². The number of ether oxygens (including phenoxy) is 2. The van der Waals surface area contributed by atoms with Crippen LogP contribution in [0, 0.1) is 28.6 Å². The topological polar surface area (TPSA) is 58.9 Å². The van der Waals surface area contributed by atoms with E-state index in [-0.39, 0.29) is 30.3 Å². The third-order valence-corrected chi connectivity index (χ3v) is 8.16. The molecule has 0 aromatic carbocycles. The Morgan fingerprint density at radius 1 is 1.29 bits per heavy atom. The summed E-state index contributed by atoms with van der Waals surface area (Å²) in [6.07, 6.45) is 5.51. The van der Waals surface area contributed by atoms with Gasteiger partial charge in [-0.15, -0.1) is 0 Å². The van der Waals surface area contributed by atoms with Crippen molar-refractivity contribution in [1.82, 2.24) is 0 Å². The van der Waals surface area contributed by atoms with Gasteiger partial charge in [-0.25, -0.2) is 0 Å². The van der Waals surface area contributed by atoms with Crippen LogP contribution in [0.1, 0.15) is 52.4 Å². The molecule has 136 valence electrons. The highest BCUT2D eigenvalue weighted by Crippen LogP contribution is 2.64. The fraction of sp³-hybridized carbons (Fsp3) is 0.900. The van der Waals surface area contributed by atoms with Gasteiger partial charge in [-0.2, -0.15) is 0 Å². The molecule has 0 aromatic heterocycles. The zero-order valence-corrected chi connectivity index (χ0v) is 15.0. The van der Waals surface area contributed by atoms with Crippen LogP contribution in [0.2, 0.25) is 0 Å². The maximum atomic E-state index is 10.9. The molecule has 0 unspecified atom stereocenters. The molecule has 2 N–H and O–H groups in total. The fourth-order valence-electron chi connectivity index (χ4n) is 6.48. The number of hydrogen-bond donors (Lipinski definition) is 2. The second-order valence-electron chi connectivity index (χ2n) is 8.91. The normalized spacial score (nSPS) is 54.6. The summed E-state index contributed by atoms with van der Waals surface area (Å²) in [5.41, 5.74) is 0.432. The lowest BCUT2D eigenvalue weighted by atomic mass is 9.44. The van der Waals surface area contributed by atoms with Crippen LogP contribution in [0.3, 0.4) is 0 Å². The second-order valence-corrected chi connectivity index (χ2v) is 8.91. The summed E-state index contributed by atoms with van der Waals surface area (Å²) in [5.74, 6) is 1.09. The molecular formula is C20H32O4. The maximum absolute atomic E-state index is 10.9.